The summed E-state index contributed by atoms with van der Waals surface area (Å²) in [5, 5.41) is 14.1. The predicted octanol–water partition coefficient (Wildman–Crippen LogP) is 3.28. The van der Waals surface area contributed by atoms with Crippen LogP contribution in [0.2, 0.25) is 0 Å². The minimum atomic E-state index is -2.10. The van der Waals surface area contributed by atoms with Gasteiger partial charge in [0, 0.05) is 16.7 Å². The summed E-state index contributed by atoms with van der Waals surface area (Å²) in [4.78, 5) is 30.1. The van der Waals surface area contributed by atoms with Crippen LogP contribution in [0, 0.1) is 0 Å². The van der Waals surface area contributed by atoms with Crippen molar-refractivity contribution in [2.75, 3.05) is 6.61 Å². The number of guanidine groups is 1. The normalized spacial score (nSPS) is 23.4. The Kier molecular flexibility index (Phi) is 5.42. The highest BCUT2D eigenvalue weighted by molar-refractivity contribution is 6.12. The lowest BCUT2D eigenvalue weighted by Crippen LogP contribution is -2.50. The van der Waals surface area contributed by atoms with E-state index in [1.807, 2.05) is 26.8 Å². The van der Waals surface area contributed by atoms with Gasteiger partial charge in [0.1, 0.15) is 5.75 Å². The van der Waals surface area contributed by atoms with Crippen molar-refractivity contribution in [2.45, 2.75) is 50.9 Å². The van der Waals surface area contributed by atoms with E-state index in [9.17, 15) is 14.7 Å². The quantitative estimate of drug-likeness (QED) is 0.375. The number of alkyl carbamates (subject to hydrolysis) is 1. The van der Waals surface area contributed by atoms with Crippen LogP contribution in [-0.2, 0) is 16.1 Å². The molecule has 2 aromatic rings. The molecule has 1 aliphatic heterocycles. The summed E-state index contributed by atoms with van der Waals surface area (Å²) in [7, 11) is 0. The van der Waals surface area contributed by atoms with Crippen LogP contribution in [0.1, 0.15) is 66.6 Å². The molecule has 0 fully saturated rings. The number of nitrogens with two attached hydrogens (primary N) is 1. The Morgan fingerprint density at radius 3 is 2.72 bits per heavy atom. The van der Waals surface area contributed by atoms with Gasteiger partial charge in [-0.1, -0.05) is 63.6 Å². The molecular weight excluding hydrogens is 410 g/mol. The first-order valence-electron chi connectivity index (χ1n) is 10.7. The minimum Gasteiger partial charge on any atom is -0.454 e. The van der Waals surface area contributed by atoms with Gasteiger partial charge >= 0.3 is 6.09 Å². The number of aliphatic imine (C=N–C) groups is 1. The van der Waals surface area contributed by atoms with Gasteiger partial charge in [0.15, 0.2) is 5.96 Å². The average Bonchev–Trinajstić information content (AvgIpc) is 3.11. The van der Waals surface area contributed by atoms with Gasteiger partial charge in [-0.15, -0.1) is 0 Å². The van der Waals surface area contributed by atoms with Gasteiger partial charge in [-0.05, 0) is 24.0 Å². The van der Waals surface area contributed by atoms with E-state index < -0.39 is 23.2 Å². The smallest absolute Gasteiger partial charge is 0.413 e. The Hall–Kier alpha value is -3.39. The highest BCUT2D eigenvalue weighted by Crippen LogP contribution is 2.60. The number of fused-ring (bicyclic) bond motifs is 5. The van der Waals surface area contributed by atoms with Gasteiger partial charge < -0.3 is 20.3 Å². The first kappa shape index (κ1) is 21.8. The molecule has 1 aliphatic carbocycles. The summed E-state index contributed by atoms with van der Waals surface area (Å²) in [5.41, 5.74) is 6.09. The number of ketones is 1. The number of nitrogens with zero attached hydrogens (tertiary/aromatic N) is 1. The number of rotatable bonds is 5. The van der Waals surface area contributed by atoms with Gasteiger partial charge in [-0.25, -0.2) is 9.79 Å². The maximum atomic E-state index is 13.7. The second kappa shape index (κ2) is 7.94. The number of benzene rings is 2. The molecule has 0 saturated carbocycles. The molecule has 1 heterocycles. The zero-order chi connectivity index (χ0) is 23.1. The molecule has 0 aromatic heterocycles. The summed E-state index contributed by atoms with van der Waals surface area (Å²) in [6.07, 6.45) is 0.796. The lowest BCUT2D eigenvalue weighted by molar-refractivity contribution is -0.162. The largest absolute Gasteiger partial charge is 0.454 e. The lowest BCUT2D eigenvalue weighted by Gasteiger charge is -2.30. The number of hydrogen-bond donors (Lipinski definition) is 3. The van der Waals surface area contributed by atoms with Crippen LogP contribution in [0.15, 0.2) is 47.5 Å². The number of carbonyl (C=O) groups is 2. The highest BCUT2D eigenvalue weighted by Gasteiger charge is 2.71. The van der Waals surface area contributed by atoms with Crippen LogP contribution in [0.4, 0.5) is 4.79 Å². The molecule has 168 valence electrons. The standard InChI is InChI=1S/C24H27N3O5/c1-4-5-12-31-22(29)26-21(25)27-23-18-11-10-15(14(2)3)13-19(18)32-24(23,30)17-9-7-6-8-16(17)20(23)28/h6-11,13-14,30H,4-5,12H2,1-3H3,(H3,25,26,27,29). The molecule has 8 heteroatoms. The molecule has 0 saturated heterocycles. The van der Waals surface area contributed by atoms with E-state index in [0.29, 0.717) is 23.3 Å². The van der Waals surface area contributed by atoms with Gasteiger partial charge in [0.25, 0.3) is 5.79 Å². The fraction of sp³-hybridized carbons (Fsp3) is 0.375. The molecule has 2 aliphatic rings. The predicted molar refractivity (Wildman–Crippen MR) is 119 cm³/mol. The van der Waals surface area contributed by atoms with Crippen LogP contribution in [0.5, 0.6) is 5.75 Å². The van der Waals surface area contributed by atoms with Crippen molar-refractivity contribution in [3.05, 3.63) is 64.7 Å². The first-order valence-corrected chi connectivity index (χ1v) is 10.7. The topological polar surface area (TPSA) is 123 Å². The van der Waals surface area contributed by atoms with Crippen molar-refractivity contribution in [3.63, 3.8) is 0 Å². The van der Waals surface area contributed by atoms with Gasteiger partial charge in [-0.3, -0.25) is 10.1 Å². The molecule has 2 aromatic carbocycles. The summed E-state index contributed by atoms with van der Waals surface area (Å²) in [5.74, 6) is -2.35. The summed E-state index contributed by atoms with van der Waals surface area (Å²) in [6, 6.07) is 12.0. The van der Waals surface area contributed by atoms with E-state index in [2.05, 4.69) is 10.3 Å². The third-order valence-corrected chi connectivity index (χ3v) is 5.92. The molecule has 4 rings (SSSR count). The molecular formula is C24H27N3O5. The van der Waals surface area contributed by atoms with E-state index >= 15 is 0 Å². The fourth-order valence-corrected chi connectivity index (χ4v) is 4.24. The minimum absolute atomic E-state index is 0.214. The highest BCUT2D eigenvalue weighted by atomic mass is 16.6. The van der Waals surface area contributed by atoms with E-state index in [0.717, 1.165) is 12.0 Å². The van der Waals surface area contributed by atoms with Gasteiger partial charge in [-0.2, -0.15) is 0 Å². The molecule has 2 unspecified atom stereocenters. The number of ether oxygens (including phenoxy) is 2. The Morgan fingerprint density at radius 1 is 1.25 bits per heavy atom. The summed E-state index contributed by atoms with van der Waals surface area (Å²) < 4.78 is 11.1. The zero-order valence-electron chi connectivity index (χ0n) is 18.3. The molecule has 0 radical (unpaired) electrons. The summed E-state index contributed by atoms with van der Waals surface area (Å²) >= 11 is 0. The van der Waals surface area contributed by atoms with E-state index in [4.69, 9.17) is 15.2 Å². The Bertz CT molecular complexity index is 1110. The fourth-order valence-electron chi connectivity index (χ4n) is 4.24. The van der Waals surface area contributed by atoms with Crippen molar-refractivity contribution >= 4 is 17.8 Å². The van der Waals surface area contributed by atoms with Crippen molar-refractivity contribution < 1.29 is 24.2 Å². The second-order valence-electron chi connectivity index (χ2n) is 8.35. The second-order valence-corrected chi connectivity index (χ2v) is 8.35. The van der Waals surface area contributed by atoms with Crippen molar-refractivity contribution in [3.8, 4) is 5.75 Å². The number of carbonyl (C=O) groups excluding carboxylic acids is 2. The van der Waals surface area contributed by atoms with Crippen molar-refractivity contribution in [2.24, 2.45) is 10.7 Å². The number of unbranched alkanes of at least 4 members (excludes halogenated alkanes) is 1. The van der Waals surface area contributed by atoms with Crippen molar-refractivity contribution in [1.29, 1.82) is 0 Å². The van der Waals surface area contributed by atoms with Crippen LogP contribution < -0.4 is 15.8 Å². The SMILES string of the molecule is CCCCOC(=O)NC(N)=NC12C(=O)c3ccccc3C1(O)Oc1cc(C(C)C)ccc12. The first-order chi connectivity index (χ1) is 15.2. The van der Waals surface area contributed by atoms with Gasteiger partial charge in [0.2, 0.25) is 11.3 Å². The Balaban J connectivity index is 1.81. The Labute approximate surface area is 186 Å². The third kappa shape index (κ3) is 3.14. The average molecular weight is 437 g/mol. The van der Waals surface area contributed by atoms with Crippen LogP contribution >= 0.6 is 0 Å². The van der Waals surface area contributed by atoms with E-state index in [1.54, 1.807) is 36.4 Å². The van der Waals surface area contributed by atoms with Crippen LogP contribution in [0.3, 0.4) is 0 Å². The number of aliphatic hydroxyl groups is 1. The summed E-state index contributed by atoms with van der Waals surface area (Å²) in [6.45, 7) is 6.28. The molecule has 0 spiro atoms. The molecule has 2 atom stereocenters. The molecule has 32 heavy (non-hydrogen) atoms. The molecule has 0 bridgehead atoms. The number of Topliss-reactive ketones (excluding diaryl/α,β-unsaturated/α-hetero) is 1. The number of hydrogen-bond acceptors (Lipinski definition) is 6. The van der Waals surface area contributed by atoms with Gasteiger partial charge in [0.05, 0.1) is 6.61 Å². The van der Waals surface area contributed by atoms with Crippen molar-refractivity contribution in [1.82, 2.24) is 5.32 Å². The van der Waals surface area contributed by atoms with Crippen LogP contribution in [0.25, 0.3) is 0 Å². The maximum Gasteiger partial charge on any atom is 0.413 e. The molecule has 8 nitrogen and oxygen atoms in total. The third-order valence-electron chi connectivity index (χ3n) is 5.92. The van der Waals surface area contributed by atoms with Crippen LogP contribution in [-0.4, -0.2) is 29.5 Å². The molecule has 1 amide bonds. The van der Waals surface area contributed by atoms with E-state index in [1.165, 1.54) is 0 Å². The Morgan fingerprint density at radius 2 is 2.00 bits per heavy atom. The number of amides is 1. The van der Waals surface area contributed by atoms with E-state index in [-0.39, 0.29) is 24.0 Å². The monoisotopic (exact) mass is 437 g/mol. The maximum absolute atomic E-state index is 13.7. The molecule has 4 N–H and O–H groups in total. The lowest BCUT2D eigenvalue weighted by atomic mass is 9.83. The zero-order valence-corrected chi connectivity index (χ0v) is 18.3. The number of nitrogens with one attached hydrogen (secondary N) is 1.